The van der Waals surface area contributed by atoms with E-state index in [9.17, 15) is 18.0 Å². The molecule has 1 rings (SSSR count). The number of carbonyl (C=O) groups excluding carboxylic acids is 1. The molecule has 0 spiro atoms. The predicted octanol–water partition coefficient (Wildman–Crippen LogP) is 2.90. The Morgan fingerprint density at radius 1 is 1.32 bits per heavy atom. The van der Waals surface area contributed by atoms with Gasteiger partial charge in [0.25, 0.3) is 0 Å². The molecule has 1 N–H and O–H groups in total. The molecule has 0 aliphatic heterocycles. The Hall–Kier alpha value is -0.780. The fraction of sp³-hybridized carbons (Fsp3) is 0.923. The molecule has 19 heavy (non-hydrogen) atoms. The summed E-state index contributed by atoms with van der Waals surface area (Å²) < 4.78 is 41.7. The van der Waals surface area contributed by atoms with Crippen LogP contribution in [0.25, 0.3) is 0 Å². The number of ether oxygens (including phenoxy) is 1. The highest BCUT2D eigenvalue weighted by molar-refractivity contribution is 5.76. The van der Waals surface area contributed by atoms with Crippen molar-refractivity contribution in [1.82, 2.24) is 5.32 Å². The molecule has 0 bridgehead atoms. The third-order valence-electron chi connectivity index (χ3n) is 3.59. The molecular weight excluding hydrogens is 259 g/mol. The highest BCUT2D eigenvalue weighted by Crippen LogP contribution is 2.31. The van der Waals surface area contributed by atoms with Crippen LogP contribution in [-0.4, -0.2) is 31.3 Å². The first kappa shape index (κ1) is 16.3. The molecule has 1 aliphatic rings. The minimum atomic E-state index is -4.31. The van der Waals surface area contributed by atoms with Gasteiger partial charge >= 0.3 is 12.1 Å². The lowest BCUT2D eigenvalue weighted by atomic mass is 9.79. The van der Waals surface area contributed by atoms with Gasteiger partial charge in [0.15, 0.2) is 0 Å². The summed E-state index contributed by atoms with van der Waals surface area (Å²) in [5, 5.41) is 2.33. The van der Waals surface area contributed by atoms with Gasteiger partial charge in [-0.2, -0.15) is 13.2 Å². The van der Waals surface area contributed by atoms with Crippen LogP contribution in [0.4, 0.5) is 13.2 Å². The van der Waals surface area contributed by atoms with Gasteiger partial charge in [-0.05, 0) is 31.6 Å². The second kappa shape index (κ2) is 7.12. The first-order valence-corrected chi connectivity index (χ1v) is 6.80. The van der Waals surface area contributed by atoms with Gasteiger partial charge in [-0.3, -0.25) is 10.1 Å². The van der Waals surface area contributed by atoms with Gasteiger partial charge in [0, 0.05) is 0 Å². The zero-order chi connectivity index (χ0) is 14.5. The Balaban J connectivity index is 2.60. The van der Waals surface area contributed by atoms with Crippen LogP contribution in [0.3, 0.4) is 0 Å². The van der Waals surface area contributed by atoms with Gasteiger partial charge in [-0.25, -0.2) is 0 Å². The molecule has 1 saturated carbocycles. The van der Waals surface area contributed by atoms with E-state index in [4.69, 9.17) is 4.74 Å². The van der Waals surface area contributed by atoms with Crippen molar-refractivity contribution in [2.24, 2.45) is 11.8 Å². The molecule has 3 nitrogen and oxygen atoms in total. The van der Waals surface area contributed by atoms with E-state index in [1.54, 1.807) is 6.92 Å². The second-order valence-corrected chi connectivity index (χ2v) is 5.25. The maximum atomic E-state index is 12.3. The molecule has 6 heteroatoms. The van der Waals surface area contributed by atoms with Gasteiger partial charge in [0.1, 0.15) is 6.04 Å². The topological polar surface area (TPSA) is 38.3 Å². The SMILES string of the molecule is CCOC(=O)C(NCC(F)(F)F)C1CCC(C)CC1. The van der Waals surface area contributed by atoms with Gasteiger partial charge in [-0.1, -0.05) is 19.8 Å². The summed E-state index contributed by atoms with van der Waals surface area (Å²) in [6, 6.07) is -0.839. The van der Waals surface area contributed by atoms with E-state index in [-0.39, 0.29) is 12.5 Å². The zero-order valence-corrected chi connectivity index (χ0v) is 11.4. The van der Waals surface area contributed by atoms with E-state index in [0.717, 1.165) is 25.7 Å². The maximum absolute atomic E-state index is 12.3. The summed E-state index contributed by atoms with van der Waals surface area (Å²) in [6.07, 6.45) is -0.861. The van der Waals surface area contributed by atoms with Gasteiger partial charge in [0.2, 0.25) is 0 Å². The molecule has 1 fully saturated rings. The van der Waals surface area contributed by atoms with Crippen LogP contribution >= 0.6 is 0 Å². The van der Waals surface area contributed by atoms with Crippen LogP contribution in [0.15, 0.2) is 0 Å². The number of halogens is 3. The molecular formula is C13H22F3NO2. The summed E-state index contributed by atoms with van der Waals surface area (Å²) in [7, 11) is 0. The highest BCUT2D eigenvalue weighted by atomic mass is 19.4. The Morgan fingerprint density at radius 3 is 2.37 bits per heavy atom. The molecule has 112 valence electrons. The Bertz CT molecular complexity index is 286. The van der Waals surface area contributed by atoms with Crippen molar-refractivity contribution in [1.29, 1.82) is 0 Å². The summed E-state index contributed by atoms with van der Waals surface area (Å²) in [4.78, 5) is 11.8. The monoisotopic (exact) mass is 281 g/mol. The molecule has 0 radical (unpaired) electrons. The van der Waals surface area contributed by atoms with E-state index in [1.807, 2.05) is 0 Å². The number of hydrogen-bond acceptors (Lipinski definition) is 3. The van der Waals surface area contributed by atoms with Crippen LogP contribution in [0, 0.1) is 11.8 Å². The molecule has 0 saturated heterocycles. The Labute approximate surface area is 111 Å². The third kappa shape index (κ3) is 5.80. The molecule has 1 aliphatic carbocycles. The quantitative estimate of drug-likeness (QED) is 0.787. The lowest BCUT2D eigenvalue weighted by Crippen LogP contribution is -2.48. The Kier molecular flexibility index (Phi) is 6.10. The smallest absolute Gasteiger partial charge is 0.401 e. The predicted molar refractivity (Wildman–Crippen MR) is 65.6 cm³/mol. The van der Waals surface area contributed by atoms with Crippen LogP contribution in [0.5, 0.6) is 0 Å². The van der Waals surface area contributed by atoms with E-state index in [1.165, 1.54) is 0 Å². The van der Waals surface area contributed by atoms with Gasteiger partial charge < -0.3 is 4.74 Å². The number of alkyl halides is 3. The normalized spacial score (nSPS) is 25.9. The van der Waals surface area contributed by atoms with Crippen LogP contribution in [0.2, 0.25) is 0 Å². The van der Waals surface area contributed by atoms with Gasteiger partial charge in [-0.15, -0.1) is 0 Å². The summed E-state index contributed by atoms with van der Waals surface area (Å²) in [5.74, 6) is -0.0365. The molecule has 0 aromatic heterocycles. The van der Waals surface area contributed by atoms with E-state index in [2.05, 4.69) is 12.2 Å². The van der Waals surface area contributed by atoms with E-state index >= 15 is 0 Å². The van der Waals surface area contributed by atoms with Crippen molar-refractivity contribution in [3.8, 4) is 0 Å². The lowest BCUT2D eigenvalue weighted by molar-refractivity contribution is -0.151. The molecule has 0 aromatic carbocycles. The lowest BCUT2D eigenvalue weighted by Gasteiger charge is -2.32. The fourth-order valence-corrected chi connectivity index (χ4v) is 2.52. The van der Waals surface area contributed by atoms with Crippen molar-refractivity contribution >= 4 is 5.97 Å². The van der Waals surface area contributed by atoms with E-state index < -0.39 is 24.7 Å². The zero-order valence-electron chi connectivity index (χ0n) is 11.4. The number of carbonyl (C=O) groups is 1. The Morgan fingerprint density at radius 2 is 1.89 bits per heavy atom. The van der Waals surface area contributed by atoms with Crippen LogP contribution in [-0.2, 0) is 9.53 Å². The van der Waals surface area contributed by atoms with Crippen molar-refractivity contribution in [3.63, 3.8) is 0 Å². The second-order valence-electron chi connectivity index (χ2n) is 5.25. The summed E-state index contributed by atoms with van der Waals surface area (Å²) in [6.45, 7) is 2.81. The first-order valence-electron chi connectivity index (χ1n) is 6.80. The third-order valence-corrected chi connectivity index (χ3v) is 3.59. The largest absolute Gasteiger partial charge is 0.465 e. The number of nitrogens with one attached hydrogen (secondary N) is 1. The molecule has 0 amide bonds. The minimum Gasteiger partial charge on any atom is -0.465 e. The van der Waals surface area contributed by atoms with Crippen molar-refractivity contribution in [3.05, 3.63) is 0 Å². The highest BCUT2D eigenvalue weighted by Gasteiger charge is 2.35. The molecule has 0 aromatic rings. The van der Waals surface area contributed by atoms with E-state index in [0.29, 0.717) is 5.92 Å². The first-order chi connectivity index (χ1) is 8.83. The minimum absolute atomic E-state index is 0.0578. The van der Waals surface area contributed by atoms with Crippen LogP contribution in [0.1, 0.15) is 39.5 Å². The standard InChI is InChI=1S/C13H22F3NO2/c1-3-19-12(18)11(17-8-13(14,15)16)10-6-4-9(2)5-7-10/h9-11,17H,3-8H2,1-2H3. The number of hydrogen-bond donors (Lipinski definition) is 1. The van der Waals surface area contributed by atoms with Crippen LogP contribution < -0.4 is 5.32 Å². The van der Waals surface area contributed by atoms with Crippen molar-refractivity contribution in [2.75, 3.05) is 13.2 Å². The number of rotatable bonds is 5. The fourth-order valence-electron chi connectivity index (χ4n) is 2.52. The summed E-state index contributed by atoms with van der Waals surface area (Å²) in [5.41, 5.74) is 0. The molecule has 1 atom stereocenters. The summed E-state index contributed by atoms with van der Waals surface area (Å²) >= 11 is 0. The van der Waals surface area contributed by atoms with Crippen molar-refractivity contribution in [2.45, 2.75) is 51.7 Å². The average Bonchev–Trinajstić information content (AvgIpc) is 2.30. The maximum Gasteiger partial charge on any atom is 0.401 e. The van der Waals surface area contributed by atoms with Gasteiger partial charge in [0.05, 0.1) is 13.2 Å². The van der Waals surface area contributed by atoms with Crippen molar-refractivity contribution < 1.29 is 22.7 Å². The number of esters is 1. The molecule has 1 unspecified atom stereocenters. The molecule has 0 heterocycles. The average molecular weight is 281 g/mol.